The molecule has 1 aromatic heterocycles. The molecule has 1 aromatic carbocycles. The van der Waals surface area contributed by atoms with E-state index in [1.54, 1.807) is 0 Å². The van der Waals surface area contributed by atoms with Crippen LogP contribution < -0.4 is 5.32 Å². The summed E-state index contributed by atoms with van der Waals surface area (Å²) >= 11 is 0. The zero-order valence-corrected chi connectivity index (χ0v) is 10.6. The highest BCUT2D eigenvalue weighted by atomic mass is 15.3. The molecular weight excluding hydrogens is 210 g/mol. The number of anilines is 1. The minimum Gasteiger partial charge on any atom is -0.378 e. The fourth-order valence-corrected chi connectivity index (χ4v) is 1.62. The third-order valence-corrected chi connectivity index (χ3v) is 2.75. The maximum Gasteiger partial charge on any atom is 0.0729 e. The van der Waals surface area contributed by atoms with Crippen LogP contribution in [0, 0.1) is 6.92 Å². The monoisotopic (exact) mass is 229 g/mol. The van der Waals surface area contributed by atoms with E-state index in [9.17, 15) is 0 Å². The highest BCUT2D eigenvalue weighted by Gasteiger charge is 2.01. The summed E-state index contributed by atoms with van der Waals surface area (Å²) in [6, 6.07) is 8.97. The van der Waals surface area contributed by atoms with Crippen molar-refractivity contribution in [3.63, 3.8) is 0 Å². The Kier molecular flexibility index (Phi) is 3.47. The van der Waals surface area contributed by atoms with Gasteiger partial charge in [-0.15, -0.1) is 0 Å². The molecule has 0 saturated heterocycles. The van der Waals surface area contributed by atoms with Crippen LogP contribution in [0.4, 0.5) is 5.69 Å². The van der Waals surface area contributed by atoms with Crippen molar-refractivity contribution in [2.45, 2.75) is 33.4 Å². The second-order valence-corrected chi connectivity index (χ2v) is 4.64. The van der Waals surface area contributed by atoms with Crippen LogP contribution >= 0.6 is 0 Å². The van der Waals surface area contributed by atoms with E-state index in [2.05, 4.69) is 55.5 Å². The number of benzene rings is 1. The lowest BCUT2D eigenvalue weighted by Crippen LogP contribution is -2.01. The van der Waals surface area contributed by atoms with Crippen molar-refractivity contribution in [2.24, 2.45) is 0 Å². The maximum atomic E-state index is 4.30. The summed E-state index contributed by atoms with van der Waals surface area (Å²) in [5.41, 5.74) is 3.65. The van der Waals surface area contributed by atoms with Crippen molar-refractivity contribution in [3.8, 4) is 0 Å². The van der Waals surface area contributed by atoms with E-state index in [4.69, 9.17) is 0 Å². The summed E-state index contributed by atoms with van der Waals surface area (Å²) in [5.74, 6) is 0. The molecule has 2 aromatic rings. The summed E-state index contributed by atoms with van der Waals surface area (Å²) in [6.07, 6.45) is 3.91. The molecule has 3 heteroatoms. The lowest BCUT2D eigenvalue weighted by atomic mass is 10.1. The molecule has 1 N–H and O–H groups in total. The fraction of sp³-hybridized carbons (Fsp3) is 0.357. The van der Waals surface area contributed by atoms with Crippen LogP contribution in [0.15, 0.2) is 36.7 Å². The van der Waals surface area contributed by atoms with Gasteiger partial charge < -0.3 is 5.32 Å². The first-order chi connectivity index (χ1) is 8.15. The molecule has 2 rings (SSSR count). The molecule has 0 spiro atoms. The average Bonchev–Trinajstić information content (AvgIpc) is 2.77. The molecule has 0 aliphatic rings. The first-order valence-electron chi connectivity index (χ1n) is 5.99. The first-order valence-corrected chi connectivity index (χ1v) is 5.99. The van der Waals surface area contributed by atoms with Crippen molar-refractivity contribution >= 4 is 5.69 Å². The number of rotatable bonds is 4. The third-order valence-electron chi connectivity index (χ3n) is 2.75. The average molecular weight is 229 g/mol. The molecule has 0 fully saturated rings. The van der Waals surface area contributed by atoms with Gasteiger partial charge >= 0.3 is 0 Å². The Morgan fingerprint density at radius 2 is 1.94 bits per heavy atom. The largest absolute Gasteiger partial charge is 0.378 e. The molecule has 0 aliphatic heterocycles. The third kappa shape index (κ3) is 3.09. The minimum atomic E-state index is 0.407. The van der Waals surface area contributed by atoms with Gasteiger partial charge in [-0.3, -0.25) is 4.68 Å². The van der Waals surface area contributed by atoms with Crippen LogP contribution in [0.1, 0.15) is 31.0 Å². The van der Waals surface area contributed by atoms with Gasteiger partial charge in [0.25, 0.3) is 0 Å². The standard InChI is InChI=1S/C14H19N3/c1-11(2)17-10-14(9-16-17)15-8-13-6-4-12(3)5-7-13/h4-7,9-11,15H,8H2,1-3H3. The van der Waals surface area contributed by atoms with E-state index >= 15 is 0 Å². The van der Waals surface area contributed by atoms with E-state index in [1.807, 2.05) is 17.1 Å². The SMILES string of the molecule is Cc1ccc(CNc2cnn(C(C)C)c2)cc1. The second-order valence-electron chi connectivity index (χ2n) is 4.64. The van der Waals surface area contributed by atoms with Crippen LogP contribution in [0.2, 0.25) is 0 Å². The van der Waals surface area contributed by atoms with E-state index in [0.29, 0.717) is 6.04 Å². The molecule has 0 atom stereocenters. The topological polar surface area (TPSA) is 29.9 Å². The lowest BCUT2D eigenvalue weighted by Gasteiger charge is -2.05. The molecule has 90 valence electrons. The Morgan fingerprint density at radius 1 is 1.24 bits per heavy atom. The smallest absolute Gasteiger partial charge is 0.0729 e. The van der Waals surface area contributed by atoms with Gasteiger partial charge in [0.1, 0.15) is 0 Å². The maximum absolute atomic E-state index is 4.30. The zero-order chi connectivity index (χ0) is 12.3. The van der Waals surface area contributed by atoms with Crippen molar-refractivity contribution in [2.75, 3.05) is 5.32 Å². The van der Waals surface area contributed by atoms with E-state index in [1.165, 1.54) is 11.1 Å². The summed E-state index contributed by atoms with van der Waals surface area (Å²) in [7, 11) is 0. The van der Waals surface area contributed by atoms with Gasteiger partial charge in [0, 0.05) is 18.8 Å². The Bertz CT molecular complexity index is 468. The van der Waals surface area contributed by atoms with Crippen LogP contribution in [-0.4, -0.2) is 9.78 Å². The Morgan fingerprint density at radius 3 is 2.53 bits per heavy atom. The van der Waals surface area contributed by atoms with Crippen molar-refractivity contribution in [3.05, 3.63) is 47.8 Å². The Balaban J connectivity index is 1.95. The van der Waals surface area contributed by atoms with Gasteiger partial charge in [-0.05, 0) is 26.3 Å². The van der Waals surface area contributed by atoms with Gasteiger partial charge in [0.2, 0.25) is 0 Å². The summed E-state index contributed by atoms with van der Waals surface area (Å²) < 4.78 is 1.96. The summed E-state index contributed by atoms with van der Waals surface area (Å²) in [4.78, 5) is 0. The van der Waals surface area contributed by atoms with Gasteiger partial charge in [0.05, 0.1) is 11.9 Å². The number of hydrogen-bond acceptors (Lipinski definition) is 2. The molecule has 3 nitrogen and oxygen atoms in total. The van der Waals surface area contributed by atoms with Crippen LogP contribution in [0.5, 0.6) is 0 Å². The number of aryl methyl sites for hydroxylation is 1. The van der Waals surface area contributed by atoms with Crippen LogP contribution in [-0.2, 0) is 6.54 Å². The van der Waals surface area contributed by atoms with Crippen LogP contribution in [0.25, 0.3) is 0 Å². The normalized spacial score (nSPS) is 10.8. The van der Waals surface area contributed by atoms with Crippen molar-refractivity contribution < 1.29 is 0 Å². The highest BCUT2D eigenvalue weighted by Crippen LogP contribution is 2.11. The van der Waals surface area contributed by atoms with Crippen LogP contribution in [0.3, 0.4) is 0 Å². The molecule has 0 saturated carbocycles. The van der Waals surface area contributed by atoms with Gasteiger partial charge in [0.15, 0.2) is 0 Å². The van der Waals surface area contributed by atoms with Crippen molar-refractivity contribution in [1.29, 1.82) is 0 Å². The van der Waals surface area contributed by atoms with Gasteiger partial charge in [-0.2, -0.15) is 5.10 Å². The second kappa shape index (κ2) is 5.04. The van der Waals surface area contributed by atoms with E-state index in [0.717, 1.165) is 12.2 Å². The van der Waals surface area contributed by atoms with Crippen molar-refractivity contribution in [1.82, 2.24) is 9.78 Å². The van der Waals surface area contributed by atoms with Gasteiger partial charge in [-0.25, -0.2) is 0 Å². The summed E-state index contributed by atoms with van der Waals surface area (Å²) in [6.45, 7) is 7.18. The highest BCUT2D eigenvalue weighted by molar-refractivity contribution is 5.39. The lowest BCUT2D eigenvalue weighted by molar-refractivity contribution is 0.532. The predicted molar refractivity (Wildman–Crippen MR) is 71.1 cm³/mol. The quantitative estimate of drug-likeness (QED) is 0.871. The molecule has 0 bridgehead atoms. The number of hydrogen-bond donors (Lipinski definition) is 1. The van der Waals surface area contributed by atoms with Gasteiger partial charge in [-0.1, -0.05) is 29.8 Å². The Labute approximate surface area is 102 Å². The number of nitrogens with one attached hydrogen (secondary N) is 1. The molecule has 1 heterocycles. The number of nitrogens with zero attached hydrogens (tertiary/aromatic N) is 2. The first kappa shape index (κ1) is 11.7. The zero-order valence-electron chi connectivity index (χ0n) is 10.6. The molecule has 0 radical (unpaired) electrons. The van der Waals surface area contributed by atoms with E-state index < -0.39 is 0 Å². The number of aromatic nitrogens is 2. The fourth-order valence-electron chi connectivity index (χ4n) is 1.62. The molecule has 0 aliphatic carbocycles. The molecular formula is C14H19N3. The summed E-state index contributed by atoms with van der Waals surface area (Å²) in [5, 5.41) is 7.67. The Hall–Kier alpha value is -1.77. The minimum absolute atomic E-state index is 0.407. The molecule has 0 unspecified atom stereocenters. The predicted octanol–water partition coefficient (Wildman–Crippen LogP) is 3.38. The van der Waals surface area contributed by atoms with E-state index in [-0.39, 0.29) is 0 Å². The molecule has 17 heavy (non-hydrogen) atoms. The molecule has 0 amide bonds.